The van der Waals surface area contributed by atoms with Crippen LogP contribution in [0.3, 0.4) is 0 Å². The van der Waals surface area contributed by atoms with Gasteiger partial charge in [-0.15, -0.1) is 0 Å². The normalized spacial score (nSPS) is 22.9. The number of amides is 1. The summed E-state index contributed by atoms with van der Waals surface area (Å²) in [5, 5.41) is 3.46. The number of rotatable bonds is 4. The molecule has 1 aromatic carbocycles. The molecule has 2 heterocycles. The molecule has 1 unspecified atom stereocenters. The van der Waals surface area contributed by atoms with Gasteiger partial charge in [-0.05, 0) is 18.9 Å². The lowest BCUT2D eigenvalue weighted by atomic mass is 10.0. The van der Waals surface area contributed by atoms with E-state index in [1.54, 1.807) is 7.11 Å². The predicted octanol–water partition coefficient (Wildman–Crippen LogP) is 2.04. The Morgan fingerprint density at radius 2 is 1.92 bits per heavy atom. The molecular weight excluding hydrogens is 302 g/mol. The number of likely N-dealkylation sites (tertiary alicyclic amines) is 1. The van der Waals surface area contributed by atoms with Gasteiger partial charge in [0.2, 0.25) is 5.91 Å². The van der Waals surface area contributed by atoms with Crippen molar-refractivity contribution in [2.45, 2.75) is 31.7 Å². The van der Waals surface area contributed by atoms with Crippen molar-refractivity contribution in [2.24, 2.45) is 0 Å². The molecular formula is C19H29N3O2. The number of ether oxygens (including phenoxy) is 1. The van der Waals surface area contributed by atoms with E-state index in [2.05, 4.69) is 21.2 Å². The molecule has 1 N–H and O–H groups in total. The minimum absolute atomic E-state index is 0.186. The summed E-state index contributed by atoms with van der Waals surface area (Å²) >= 11 is 0. The first kappa shape index (κ1) is 17.2. The quantitative estimate of drug-likeness (QED) is 0.917. The zero-order valence-electron chi connectivity index (χ0n) is 14.7. The molecule has 132 valence electrons. The second-order valence-corrected chi connectivity index (χ2v) is 6.73. The second-order valence-electron chi connectivity index (χ2n) is 6.73. The molecule has 1 amide bonds. The molecule has 2 aliphatic rings. The summed E-state index contributed by atoms with van der Waals surface area (Å²) in [7, 11) is 1.71. The maximum absolute atomic E-state index is 12.8. The van der Waals surface area contributed by atoms with Crippen molar-refractivity contribution >= 4 is 5.91 Å². The predicted molar refractivity (Wildman–Crippen MR) is 95.2 cm³/mol. The van der Waals surface area contributed by atoms with Crippen molar-refractivity contribution in [2.75, 3.05) is 46.4 Å². The fraction of sp³-hybridized carbons (Fsp3) is 0.632. The van der Waals surface area contributed by atoms with Gasteiger partial charge in [0.1, 0.15) is 5.75 Å². The highest BCUT2D eigenvalue weighted by Crippen LogP contribution is 2.30. The number of nitrogens with one attached hydrogen (secondary N) is 1. The highest BCUT2D eigenvalue weighted by atomic mass is 16.5. The average Bonchev–Trinajstić information content (AvgIpc) is 2.92. The van der Waals surface area contributed by atoms with Crippen LogP contribution < -0.4 is 10.1 Å². The lowest BCUT2D eigenvalue weighted by molar-refractivity contribution is -0.133. The Morgan fingerprint density at radius 3 is 2.67 bits per heavy atom. The monoisotopic (exact) mass is 331 g/mol. The number of benzene rings is 1. The summed E-state index contributed by atoms with van der Waals surface area (Å²) in [5.41, 5.74) is 1.16. The van der Waals surface area contributed by atoms with Crippen LogP contribution in [-0.4, -0.2) is 62.1 Å². The van der Waals surface area contributed by atoms with Crippen molar-refractivity contribution in [1.82, 2.24) is 15.1 Å². The van der Waals surface area contributed by atoms with Gasteiger partial charge in [0.15, 0.2) is 0 Å². The van der Waals surface area contributed by atoms with Crippen LogP contribution in [0.1, 0.15) is 37.3 Å². The van der Waals surface area contributed by atoms with E-state index in [0.717, 1.165) is 56.9 Å². The molecule has 2 aliphatic heterocycles. The molecule has 3 rings (SSSR count). The highest BCUT2D eigenvalue weighted by Gasteiger charge is 2.29. The van der Waals surface area contributed by atoms with Gasteiger partial charge in [-0.2, -0.15) is 0 Å². The molecule has 0 aromatic heterocycles. The number of carbonyl (C=O) groups is 1. The molecule has 0 bridgehead atoms. The van der Waals surface area contributed by atoms with Crippen LogP contribution in [0.25, 0.3) is 0 Å². The van der Waals surface area contributed by atoms with Crippen molar-refractivity contribution in [3.8, 4) is 5.75 Å². The molecule has 5 heteroatoms. The van der Waals surface area contributed by atoms with Crippen molar-refractivity contribution in [3.05, 3.63) is 29.8 Å². The lowest BCUT2D eigenvalue weighted by Crippen LogP contribution is -2.50. The van der Waals surface area contributed by atoms with E-state index in [1.807, 2.05) is 18.2 Å². The number of piperazine rings is 1. The number of hydrogen-bond donors (Lipinski definition) is 1. The number of hydrogen-bond acceptors (Lipinski definition) is 4. The van der Waals surface area contributed by atoms with E-state index in [-0.39, 0.29) is 11.9 Å². The van der Waals surface area contributed by atoms with Gasteiger partial charge in [-0.3, -0.25) is 9.69 Å². The van der Waals surface area contributed by atoms with Gasteiger partial charge in [0.25, 0.3) is 0 Å². The van der Waals surface area contributed by atoms with Crippen LogP contribution in [0.5, 0.6) is 5.75 Å². The number of nitrogens with zero attached hydrogens (tertiary/aromatic N) is 2. The summed E-state index contributed by atoms with van der Waals surface area (Å²) in [6, 6.07) is 8.33. The maximum Gasteiger partial charge on any atom is 0.236 e. The Hall–Kier alpha value is -1.59. The molecule has 1 aromatic rings. The SMILES string of the molecule is COc1ccccc1C1CNCCN1CC(=O)N1CCCCCC1. The van der Waals surface area contributed by atoms with Crippen LogP contribution in [-0.2, 0) is 4.79 Å². The number of para-hydroxylation sites is 1. The molecule has 0 spiro atoms. The third kappa shape index (κ3) is 4.08. The Bertz CT molecular complexity index is 541. The first-order valence-corrected chi connectivity index (χ1v) is 9.15. The molecule has 0 radical (unpaired) electrons. The van der Waals surface area contributed by atoms with Crippen LogP contribution in [0.4, 0.5) is 0 Å². The standard InChI is InChI=1S/C19H29N3O2/c1-24-18-9-5-4-8-16(18)17-14-20-10-13-22(17)15-19(23)21-11-6-2-3-7-12-21/h4-5,8-9,17,20H,2-3,6-7,10-15H2,1H3. The average molecular weight is 331 g/mol. The van der Waals surface area contributed by atoms with E-state index in [4.69, 9.17) is 4.74 Å². The van der Waals surface area contributed by atoms with E-state index >= 15 is 0 Å². The third-order valence-electron chi connectivity index (χ3n) is 5.15. The highest BCUT2D eigenvalue weighted by molar-refractivity contribution is 5.78. The van der Waals surface area contributed by atoms with Crippen molar-refractivity contribution in [3.63, 3.8) is 0 Å². The van der Waals surface area contributed by atoms with Crippen molar-refractivity contribution in [1.29, 1.82) is 0 Å². The topological polar surface area (TPSA) is 44.8 Å². The number of carbonyl (C=O) groups excluding carboxylic acids is 1. The van der Waals surface area contributed by atoms with E-state index in [1.165, 1.54) is 12.8 Å². The van der Waals surface area contributed by atoms with Gasteiger partial charge < -0.3 is 15.0 Å². The smallest absolute Gasteiger partial charge is 0.236 e. The van der Waals surface area contributed by atoms with Crippen LogP contribution in [0.15, 0.2) is 24.3 Å². The third-order valence-corrected chi connectivity index (χ3v) is 5.15. The van der Waals surface area contributed by atoms with Gasteiger partial charge in [-0.25, -0.2) is 0 Å². The second kappa shape index (κ2) is 8.49. The van der Waals surface area contributed by atoms with E-state index in [9.17, 15) is 4.79 Å². The van der Waals surface area contributed by atoms with Gasteiger partial charge in [-0.1, -0.05) is 31.0 Å². The maximum atomic E-state index is 12.8. The Kier molecular flexibility index (Phi) is 6.10. The summed E-state index contributed by atoms with van der Waals surface area (Å²) in [4.78, 5) is 17.2. The zero-order valence-corrected chi connectivity index (χ0v) is 14.7. The zero-order chi connectivity index (χ0) is 16.8. The summed E-state index contributed by atoms with van der Waals surface area (Å²) in [5.74, 6) is 1.18. The minimum Gasteiger partial charge on any atom is -0.496 e. The summed E-state index contributed by atoms with van der Waals surface area (Å²) < 4.78 is 5.53. The van der Waals surface area contributed by atoms with Gasteiger partial charge >= 0.3 is 0 Å². The lowest BCUT2D eigenvalue weighted by Gasteiger charge is -2.37. The Balaban J connectivity index is 1.71. The molecule has 5 nitrogen and oxygen atoms in total. The molecule has 1 atom stereocenters. The summed E-state index contributed by atoms with van der Waals surface area (Å²) in [6.45, 7) is 5.02. The molecule has 2 saturated heterocycles. The van der Waals surface area contributed by atoms with Gasteiger partial charge in [0.05, 0.1) is 19.7 Å². The number of methoxy groups -OCH3 is 1. The van der Waals surface area contributed by atoms with E-state index in [0.29, 0.717) is 6.54 Å². The minimum atomic E-state index is 0.186. The van der Waals surface area contributed by atoms with E-state index < -0.39 is 0 Å². The Morgan fingerprint density at radius 1 is 1.17 bits per heavy atom. The van der Waals surface area contributed by atoms with Crippen LogP contribution in [0, 0.1) is 0 Å². The van der Waals surface area contributed by atoms with Crippen LogP contribution >= 0.6 is 0 Å². The van der Waals surface area contributed by atoms with Gasteiger partial charge in [0, 0.05) is 38.3 Å². The van der Waals surface area contributed by atoms with Crippen molar-refractivity contribution < 1.29 is 9.53 Å². The molecule has 2 fully saturated rings. The molecule has 0 saturated carbocycles. The Labute approximate surface area is 145 Å². The largest absolute Gasteiger partial charge is 0.496 e. The first-order chi connectivity index (χ1) is 11.8. The molecule has 24 heavy (non-hydrogen) atoms. The fourth-order valence-corrected chi connectivity index (χ4v) is 3.78. The molecule has 0 aliphatic carbocycles. The fourth-order valence-electron chi connectivity index (χ4n) is 3.78. The summed E-state index contributed by atoms with van der Waals surface area (Å²) in [6.07, 6.45) is 4.79. The van der Waals surface area contributed by atoms with Crippen LogP contribution in [0.2, 0.25) is 0 Å². The first-order valence-electron chi connectivity index (χ1n) is 9.15.